The van der Waals surface area contributed by atoms with Gasteiger partial charge in [0.2, 0.25) is 0 Å². The first-order valence-electron chi connectivity index (χ1n) is 7.64. The van der Waals surface area contributed by atoms with Crippen molar-refractivity contribution >= 4 is 17.5 Å². The van der Waals surface area contributed by atoms with E-state index in [2.05, 4.69) is 25.5 Å². The van der Waals surface area contributed by atoms with Gasteiger partial charge in [-0.05, 0) is 53.1 Å². The lowest BCUT2D eigenvalue weighted by molar-refractivity contribution is 0.508. The third-order valence-electron chi connectivity index (χ3n) is 4.10. The highest BCUT2D eigenvalue weighted by molar-refractivity contribution is 5.54. The lowest BCUT2D eigenvalue weighted by Crippen LogP contribution is -2.31. The Hall–Kier alpha value is -2.90. The molecule has 0 atom stereocenters. The molecule has 0 aliphatic carbocycles. The van der Waals surface area contributed by atoms with E-state index in [0.29, 0.717) is 11.2 Å². The molecule has 3 heterocycles. The van der Waals surface area contributed by atoms with E-state index >= 15 is 0 Å². The molecule has 8 heteroatoms. The molecule has 3 aromatic rings. The topological polar surface area (TPSA) is 59.2 Å². The van der Waals surface area contributed by atoms with Crippen molar-refractivity contribution in [2.45, 2.75) is 12.8 Å². The second kappa shape index (κ2) is 5.95. The van der Waals surface area contributed by atoms with Crippen LogP contribution in [0.25, 0.3) is 11.7 Å². The standard InChI is InChI=1S/C16H14F2N6/c17-13-2-1-12(10-14(13)18)9-11-5-7-23(8-6-11)16-4-3-15-19-21-22-24(15)20-16/h1-4,9-10H,5-8H2. The quantitative estimate of drug-likeness (QED) is 0.723. The fourth-order valence-corrected chi connectivity index (χ4v) is 2.81. The van der Waals surface area contributed by atoms with Gasteiger partial charge in [0.15, 0.2) is 23.1 Å². The second-order valence-corrected chi connectivity index (χ2v) is 5.68. The summed E-state index contributed by atoms with van der Waals surface area (Å²) in [6, 6.07) is 7.69. The number of nitrogens with zero attached hydrogens (tertiary/aromatic N) is 6. The van der Waals surface area contributed by atoms with Crippen molar-refractivity contribution in [1.82, 2.24) is 25.3 Å². The highest BCUT2D eigenvalue weighted by Crippen LogP contribution is 2.23. The molecular formula is C16H14F2N6. The van der Waals surface area contributed by atoms with Crippen LogP contribution in [0, 0.1) is 11.6 Å². The van der Waals surface area contributed by atoms with Crippen molar-refractivity contribution in [3.05, 3.63) is 53.1 Å². The van der Waals surface area contributed by atoms with Gasteiger partial charge in [-0.15, -0.1) is 14.8 Å². The van der Waals surface area contributed by atoms with Gasteiger partial charge < -0.3 is 4.90 Å². The Balaban J connectivity index is 1.47. The Morgan fingerprint density at radius 2 is 1.83 bits per heavy atom. The van der Waals surface area contributed by atoms with Gasteiger partial charge in [-0.1, -0.05) is 17.7 Å². The van der Waals surface area contributed by atoms with Gasteiger partial charge in [0.05, 0.1) is 0 Å². The third-order valence-corrected chi connectivity index (χ3v) is 4.10. The maximum absolute atomic E-state index is 13.3. The number of piperidine rings is 1. The summed E-state index contributed by atoms with van der Waals surface area (Å²) in [5, 5.41) is 15.6. The van der Waals surface area contributed by atoms with Gasteiger partial charge in [0.1, 0.15) is 0 Å². The lowest BCUT2D eigenvalue weighted by Gasteiger charge is -2.29. The Labute approximate surface area is 136 Å². The van der Waals surface area contributed by atoms with E-state index in [-0.39, 0.29) is 0 Å². The Bertz CT molecular complexity index is 910. The fraction of sp³-hybridized carbons (Fsp3) is 0.250. The van der Waals surface area contributed by atoms with Crippen molar-refractivity contribution in [2.75, 3.05) is 18.0 Å². The molecular weight excluding hydrogens is 314 g/mol. The van der Waals surface area contributed by atoms with Gasteiger partial charge >= 0.3 is 0 Å². The zero-order valence-corrected chi connectivity index (χ0v) is 12.7. The number of tetrazole rings is 1. The first-order valence-corrected chi connectivity index (χ1v) is 7.64. The molecule has 1 aliphatic rings. The normalized spacial score (nSPS) is 15.1. The molecule has 1 fully saturated rings. The van der Waals surface area contributed by atoms with E-state index in [0.717, 1.165) is 37.8 Å². The van der Waals surface area contributed by atoms with Crippen molar-refractivity contribution in [3.63, 3.8) is 0 Å². The lowest BCUT2D eigenvalue weighted by atomic mass is 10.0. The van der Waals surface area contributed by atoms with Crippen molar-refractivity contribution in [2.24, 2.45) is 0 Å². The minimum absolute atomic E-state index is 0.606. The van der Waals surface area contributed by atoms with Gasteiger partial charge in [-0.2, -0.15) is 0 Å². The minimum Gasteiger partial charge on any atom is -0.354 e. The van der Waals surface area contributed by atoms with Crippen LogP contribution >= 0.6 is 0 Å². The van der Waals surface area contributed by atoms with Crippen molar-refractivity contribution < 1.29 is 8.78 Å². The van der Waals surface area contributed by atoms with E-state index in [4.69, 9.17) is 0 Å². The molecule has 4 rings (SSSR count). The smallest absolute Gasteiger partial charge is 0.200 e. The summed E-state index contributed by atoms with van der Waals surface area (Å²) < 4.78 is 27.7. The molecule has 1 aliphatic heterocycles. The summed E-state index contributed by atoms with van der Waals surface area (Å²) in [5.41, 5.74) is 2.50. The maximum atomic E-state index is 13.3. The van der Waals surface area contributed by atoms with Gasteiger partial charge in [0, 0.05) is 13.1 Å². The van der Waals surface area contributed by atoms with Crippen LogP contribution in [-0.2, 0) is 0 Å². The molecule has 24 heavy (non-hydrogen) atoms. The Morgan fingerprint density at radius 1 is 1.00 bits per heavy atom. The average Bonchev–Trinajstić information content (AvgIpc) is 3.06. The van der Waals surface area contributed by atoms with Crippen LogP contribution in [0.1, 0.15) is 18.4 Å². The van der Waals surface area contributed by atoms with Gasteiger partial charge in [-0.25, -0.2) is 8.78 Å². The van der Waals surface area contributed by atoms with E-state index in [9.17, 15) is 8.78 Å². The predicted octanol–water partition coefficient (Wildman–Crippen LogP) is 2.48. The van der Waals surface area contributed by atoms with Crippen LogP contribution in [-0.4, -0.2) is 38.3 Å². The van der Waals surface area contributed by atoms with E-state index < -0.39 is 11.6 Å². The van der Waals surface area contributed by atoms with Crippen LogP contribution in [0.4, 0.5) is 14.6 Å². The molecule has 0 radical (unpaired) electrons. The number of hydrogen-bond acceptors (Lipinski definition) is 5. The molecule has 0 bridgehead atoms. The number of rotatable bonds is 2. The Kier molecular flexibility index (Phi) is 3.64. The molecule has 0 spiro atoms. The molecule has 0 unspecified atom stereocenters. The summed E-state index contributed by atoms with van der Waals surface area (Å²) in [5.74, 6) is -0.821. The fourth-order valence-electron chi connectivity index (χ4n) is 2.81. The van der Waals surface area contributed by atoms with Crippen LogP contribution in [0.15, 0.2) is 35.9 Å². The second-order valence-electron chi connectivity index (χ2n) is 5.68. The number of aromatic nitrogens is 5. The summed E-state index contributed by atoms with van der Waals surface area (Å²) in [4.78, 5) is 2.16. The zero-order chi connectivity index (χ0) is 16.5. The molecule has 0 amide bonds. The van der Waals surface area contributed by atoms with Crippen LogP contribution in [0.5, 0.6) is 0 Å². The van der Waals surface area contributed by atoms with Crippen molar-refractivity contribution in [3.8, 4) is 0 Å². The summed E-state index contributed by atoms with van der Waals surface area (Å²) in [6.07, 6.45) is 3.61. The largest absolute Gasteiger partial charge is 0.354 e. The first-order chi connectivity index (χ1) is 11.7. The summed E-state index contributed by atoms with van der Waals surface area (Å²) in [6.45, 7) is 1.60. The van der Waals surface area contributed by atoms with E-state index in [1.807, 2.05) is 18.2 Å². The monoisotopic (exact) mass is 328 g/mol. The molecule has 122 valence electrons. The third kappa shape index (κ3) is 2.82. The zero-order valence-electron chi connectivity index (χ0n) is 12.7. The first kappa shape index (κ1) is 14.7. The number of benzene rings is 1. The SMILES string of the molecule is Fc1ccc(C=C2CCN(c3ccc4nnnn4n3)CC2)cc1F. The van der Waals surface area contributed by atoms with Gasteiger partial charge in [0.25, 0.3) is 0 Å². The van der Waals surface area contributed by atoms with E-state index in [1.54, 1.807) is 6.07 Å². The van der Waals surface area contributed by atoms with Gasteiger partial charge in [-0.3, -0.25) is 0 Å². The number of anilines is 1. The van der Waals surface area contributed by atoms with Crippen molar-refractivity contribution in [1.29, 1.82) is 0 Å². The Morgan fingerprint density at radius 3 is 2.62 bits per heavy atom. The van der Waals surface area contributed by atoms with Crippen LogP contribution in [0.2, 0.25) is 0 Å². The molecule has 2 aromatic heterocycles. The van der Waals surface area contributed by atoms with Crippen LogP contribution in [0.3, 0.4) is 0 Å². The molecule has 1 aromatic carbocycles. The summed E-state index contributed by atoms with van der Waals surface area (Å²) >= 11 is 0. The average molecular weight is 328 g/mol. The molecule has 0 N–H and O–H groups in total. The molecule has 6 nitrogen and oxygen atoms in total. The number of fused-ring (bicyclic) bond motifs is 1. The number of hydrogen-bond donors (Lipinski definition) is 0. The predicted molar refractivity (Wildman–Crippen MR) is 84.4 cm³/mol. The summed E-state index contributed by atoms with van der Waals surface area (Å²) in [7, 11) is 0. The maximum Gasteiger partial charge on any atom is 0.200 e. The number of halogens is 2. The minimum atomic E-state index is -0.823. The van der Waals surface area contributed by atoms with Crippen LogP contribution < -0.4 is 4.90 Å². The highest BCUT2D eigenvalue weighted by atomic mass is 19.2. The molecule has 1 saturated heterocycles. The highest BCUT2D eigenvalue weighted by Gasteiger charge is 2.16. The molecule has 0 saturated carbocycles. The van der Waals surface area contributed by atoms with E-state index in [1.165, 1.54) is 16.3 Å².